The Kier molecular flexibility index (Phi) is 4.00. The Bertz CT molecular complexity index is 684. The molecule has 0 aliphatic carbocycles. The molecule has 20 heavy (non-hydrogen) atoms. The number of aromatic nitrogens is 4. The van der Waals surface area contributed by atoms with Crippen molar-refractivity contribution in [2.75, 3.05) is 7.11 Å². The van der Waals surface area contributed by atoms with Gasteiger partial charge in [0.1, 0.15) is 5.75 Å². The van der Waals surface area contributed by atoms with Gasteiger partial charge in [0.2, 0.25) is 10.0 Å². The third-order valence-electron chi connectivity index (χ3n) is 2.76. The molecular formula is C11H15N5O3S. The summed E-state index contributed by atoms with van der Waals surface area (Å²) in [6, 6.07) is 4.06. The van der Waals surface area contributed by atoms with E-state index in [9.17, 15) is 8.42 Å². The average molecular weight is 297 g/mol. The SMILES string of the molecule is COc1ccc(S(=O)(=O)NC(C)c2nn[nH]n2)cc1C. The molecular weight excluding hydrogens is 282 g/mol. The Morgan fingerprint density at radius 3 is 2.70 bits per heavy atom. The van der Waals surface area contributed by atoms with Crippen LogP contribution in [0.1, 0.15) is 24.4 Å². The van der Waals surface area contributed by atoms with Gasteiger partial charge in [-0.25, -0.2) is 13.1 Å². The van der Waals surface area contributed by atoms with E-state index < -0.39 is 16.1 Å². The van der Waals surface area contributed by atoms with Crippen LogP contribution < -0.4 is 9.46 Å². The van der Waals surface area contributed by atoms with Crippen molar-refractivity contribution in [2.45, 2.75) is 24.8 Å². The molecule has 8 nitrogen and oxygen atoms in total. The maximum absolute atomic E-state index is 12.3. The summed E-state index contributed by atoms with van der Waals surface area (Å²) in [6.45, 7) is 3.42. The third-order valence-corrected chi connectivity index (χ3v) is 4.30. The fraction of sp³-hybridized carbons (Fsp3) is 0.364. The quantitative estimate of drug-likeness (QED) is 0.834. The number of rotatable bonds is 5. The van der Waals surface area contributed by atoms with Gasteiger partial charge in [0, 0.05) is 0 Å². The molecule has 0 saturated heterocycles. The van der Waals surface area contributed by atoms with Crippen molar-refractivity contribution in [3.8, 4) is 5.75 Å². The number of tetrazole rings is 1. The summed E-state index contributed by atoms with van der Waals surface area (Å²) >= 11 is 0. The molecule has 0 spiro atoms. The van der Waals surface area contributed by atoms with Crippen molar-refractivity contribution in [2.24, 2.45) is 0 Å². The van der Waals surface area contributed by atoms with Crippen LogP contribution in [0.4, 0.5) is 0 Å². The number of nitrogens with one attached hydrogen (secondary N) is 2. The molecule has 0 amide bonds. The Morgan fingerprint density at radius 1 is 1.40 bits per heavy atom. The molecule has 1 atom stereocenters. The Labute approximate surface area is 116 Å². The van der Waals surface area contributed by atoms with E-state index in [-0.39, 0.29) is 10.7 Å². The molecule has 0 aliphatic heterocycles. The van der Waals surface area contributed by atoms with Crippen LogP contribution >= 0.6 is 0 Å². The Balaban J connectivity index is 2.24. The number of nitrogens with zero attached hydrogens (tertiary/aromatic N) is 3. The van der Waals surface area contributed by atoms with Crippen LogP contribution in [-0.2, 0) is 10.0 Å². The number of aromatic amines is 1. The van der Waals surface area contributed by atoms with E-state index in [1.807, 2.05) is 0 Å². The van der Waals surface area contributed by atoms with Crippen molar-refractivity contribution < 1.29 is 13.2 Å². The minimum Gasteiger partial charge on any atom is -0.496 e. The smallest absolute Gasteiger partial charge is 0.241 e. The normalized spacial score (nSPS) is 13.2. The van der Waals surface area contributed by atoms with Crippen LogP contribution in [0.2, 0.25) is 0 Å². The number of aryl methyl sites for hydroxylation is 1. The number of sulfonamides is 1. The number of methoxy groups -OCH3 is 1. The maximum atomic E-state index is 12.3. The highest BCUT2D eigenvalue weighted by Gasteiger charge is 2.21. The molecule has 0 bridgehead atoms. The molecule has 2 aromatic rings. The molecule has 1 unspecified atom stereocenters. The molecule has 9 heteroatoms. The molecule has 1 aromatic heterocycles. The molecule has 0 radical (unpaired) electrons. The summed E-state index contributed by atoms with van der Waals surface area (Å²) in [5, 5.41) is 13.2. The van der Waals surface area contributed by atoms with E-state index in [0.29, 0.717) is 5.75 Å². The lowest BCUT2D eigenvalue weighted by molar-refractivity contribution is 0.411. The summed E-state index contributed by atoms with van der Waals surface area (Å²) in [6.07, 6.45) is 0. The first kappa shape index (κ1) is 14.4. The van der Waals surface area contributed by atoms with E-state index in [0.717, 1.165) is 5.56 Å². The highest BCUT2D eigenvalue weighted by atomic mass is 32.2. The number of hydrogen-bond acceptors (Lipinski definition) is 6. The zero-order valence-corrected chi connectivity index (χ0v) is 12.1. The van der Waals surface area contributed by atoms with Crippen LogP contribution in [0.25, 0.3) is 0 Å². The summed E-state index contributed by atoms with van der Waals surface area (Å²) in [5.41, 5.74) is 0.739. The zero-order valence-electron chi connectivity index (χ0n) is 11.3. The maximum Gasteiger partial charge on any atom is 0.241 e. The van der Waals surface area contributed by atoms with Gasteiger partial charge >= 0.3 is 0 Å². The summed E-state index contributed by atoms with van der Waals surface area (Å²) in [5.74, 6) is 0.911. The number of hydrogen-bond donors (Lipinski definition) is 2. The van der Waals surface area contributed by atoms with Gasteiger partial charge in [-0.2, -0.15) is 5.21 Å². The second kappa shape index (κ2) is 5.55. The van der Waals surface area contributed by atoms with Gasteiger partial charge in [-0.1, -0.05) is 5.21 Å². The number of benzene rings is 1. The monoisotopic (exact) mass is 297 g/mol. The van der Waals surface area contributed by atoms with Gasteiger partial charge < -0.3 is 4.74 Å². The van der Waals surface area contributed by atoms with Crippen LogP contribution in [0, 0.1) is 6.92 Å². The Hall–Kier alpha value is -2.00. The molecule has 0 aliphatic rings. The van der Waals surface area contributed by atoms with E-state index in [4.69, 9.17) is 4.74 Å². The predicted octanol–water partition coefficient (Wildman–Crippen LogP) is 0.556. The lowest BCUT2D eigenvalue weighted by Crippen LogP contribution is -2.27. The first-order valence-electron chi connectivity index (χ1n) is 5.84. The van der Waals surface area contributed by atoms with Gasteiger partial charge in [-0.15, -0.1) is 10.2 Å². The standard InChI is InChI=1S/C11H15N5O3S/c1-7-6-9(4-5-10(7)19-3)20(17,18)14-8(2)11-12-15-16-13-11/h4-6,8,14H,1-3H3,(H,12,13,15,16). The topological polar surface area (TPSA) is 110 Å². The molecule has 0 fully saturated rings. The molecule has 108 valence electrons. The molecule has 1 aromatic carbocycles. The third kappa shape index (κ3) is 2.94. The fourth-order valence-electron chi connectivity index (χ4n) is 1.72. The van der Waals surface area contributed by atoms with Crippen molar-refractivity contribution in [3.63, 3.8) is 0 Å². The molecule has 2 rings (SSSR count). The predicted molar refractivity (Wildman–Crippen MR) is 70.6 cm³/mol. The number of H-pyrrole nitrogens is 1. The van der Waals surface area contributed by atoms with Crippen LogP contribution in [-0.4, -0.2) is 36.2 Å². The van der Waals surface area contributed by atoms with Gasteiger partial charge in [0.15, 0.2) is 5.82 Å². The second-order valence-electron chi connectivity index (χ2n) is 4.24. The lowest BCUT2D eigenvalue weighted by atomic mass is 10.2. The molecule has 2 N–H and O–H groups in total. The highest BCUT2D eigenvalue weighted by molar-refractivity contribution is 7.89. The van der Waals surface area contributed by atoms with Crippen molar-refractivity contribution in [3.05, 3.63) is 29.6 Å². The first-order chi connectivity index (χ1) is 9.44. The van der Waals surface area contributed by atoms with Crippen LogP contribution in [0.3, 0.4) is 0 Å². The summed E-state index contributed by atoms with van der Waals surface area (Å²) < 4.78 is 32.1. The van der Waals surface area contributed by atoms with Crippen molar-refractivity contribution in [1.82, 2.24) is 25.3 Å². The van der Waals surface area contributed by atoms with Crippen molar-refractivity contribution in [1.29, 1.82) is 0 Å². The highest BCUT2D eigenvalue weighted by Crippen LogP contribution is 2.22. The minimum atomic E-state index is -3.66. The zero-order chi connectivity index (χ0) is 14.8. The lowest BCUT2D eigenvalue weighted by Gasteiger charge is -2.12. The first-order valence-corrected chi connectivity index (χ1v) is 7.32. The van der Waals surface area contributed by atoms with E-state index in [1.54, 1.807) is 26.0 Å². The summed E-state index contributed by atoms with van der Waals surface area (Å²) in [4.78, 5) is 0.158. The van der Waals surface area contributed by atoms with Gasteiger partial charge in [-0.05, 0) is 37.6 Å². The summed E-state index contributed by atoms with van der Waals surface area (Å²) in [7, 11) is -2.13. The van der Waals surface area contributed by atoms with Gasteiger partial charge in [0.05, 0.1) is 18.0 Å². The molecule has 1 heterocycles. The van der Waals surface area contributed by atoms with Gasteiger partial charge in [-0.3, -0.25) is 0 Å². The Morgan fingerprint density at radius 2 is 2.15 bits per heavy atom. The van der Waals surface area contributed by atoms with E-state index in [2.05, 4.69) is 25.3 Å². The fourth-order valence-corrected chi connectivity index (χ4v) is 3.01. The average Bonchev–Trinajstić information content (AvgIpc) is 2.92. The van der Waals surface area contributed by atoms with Gasteiger partial charge in [0.25, 0.3) is 0 Å². The minimum absolute atomic E-state index is 0.158. The van der Waals surface area contributed by atoms with E-state index in [1.165, 1.54) is 13.2 Å². The second-order valence-corrected chi connectivity index (χ2v) is 5.96. The molecule has 0 saturated carbocycles. The van der Waals surface area contributed by atoms with Crippen LogP contribution in [0.15, 0.2) is 23.1 Å². The largest absolute Gasteiger partial charge is 0.496 e. The van der Waals surface area contributed by atoms with E-state index >= 15 is 0 Å². The van der Waals surface area contributed by atoms with Crippen molar-refractivity contribution >= 4 is 10.0 Å². The van der Waals surface area contributed by atoms with Crippen LogP contribution in [0.5, 0.6) is 5.75 Å². The number of ether oxygens (including phenoxy) is 1.